The highest BCUT2D eigenvalue weighted by Crippen LogP contribution is 2.32. The quantitative estimate of drug-likeness (QED) is 0.529. The molecule has 0 saturated heterocycles. The molecular weight excluding hydrogens is 343 g/mol. The van der Waals surface area contributed by atoms with Gasteiger partial charge >= 0.3 is 5.82 Å². The number of rotatable bonds is 4. The Balaban J connectivity index is 2.03. The van der Waals surface area contributed by atoms with Crippen molar-refractivity contribution in [2.45, 2.75) is 6.54 Å². The molecule has 8 nitrogen and oxygen atoms in total. The van der Waals surface area contributed by atoms with Crippen LogP contribution in [0.3, 0.4) is 0 Å². The van der Waals surface area contributed by atoms with Gasteiger partial charge in [0.1, 0.15) is 6.20 Å². The fourth-order valence-electron chi connectivity index (χ4n) is 2.06. The van der Waals surface area contributed by atoms with E-state index in [4.69, 9.17) is 23.2 Å². The van der Waals surface area contributed by atoms with E-state index < -0.39 is 4.92 Å². The smallest absolute Gasteiger partial charge is 0.358 e. The van der Waals surface area contributed by atoms with E-state index in [0.29, 0.717) is 27.0 Å². The van der Waals surface area contributed by atoms with Crippen molar-refractivity contribution in [3.8, 4) is 11.4 Å². The fraction of sp³-hybridized carbons (Fsp3) is 0.0769. The zero-order valence-electron chi connectivity index (χ0n) is 11.4. The van der Waals surface area contributed by atoms with Crippen LogP contribution in [0, 0.1) is 10.1 Å². The van der Waals surface area contributed by atoms with Gasteiger partial charge in [-0.15, -0.1) is 5.10 Å². The maximum atomic E-state index is 11.0. The number of aromatic nitrogens is 5. The average molecular weight is 351 g/mol. The molecule has 116 valence electrons. The van der Waals surface area contributed by atoms with E-state index in [2.05, 4.69) is 20.5 Å². The lowest BCUT2D eigenvalue weighted by molar-refractivity contribution is -0.390. The Morgan fingerprint density at radius 3 is 2.83 bits per heavy atom. The molecule has 0 spiro atoms. The molecule has 0 N–H and O–H groups in total. The first-order valence-electron chi connectivity index (χ1n) is 6.36. The van der Waals surface area contributed by atoms with Crippen LogP contribution >= 0.6 is 23.2 Å². The maximum absolute atomic E-state index is 11.0. The van der Waals surface area contributed by atoms with Crippen LogP contribution in [0.25, 0.3) is 11.4 Å². The molecule has 0 radical (unpaired) electrons. The number of nitrogens with zero attached hydrogens (tertiary/aromatic N) is 6. The van der Waals surface area contributed by atoms with Crippen LogP contribution in [-0.4, -0.2) is 30.1 Å². The van der Waals surface area contributed by atoms with Crippen LogP contribution in [0.4, 0.5) is 5.82 Å². The molecule has 0 atom stereocenters. The Kier molecular flexibility index (Phi) is 4.18. The highest BCUT2D eigenvalue weighted by atomic mass is 35.5. The molecule has 0 bridgehead atoms. The molecule has 0 fully saturated rings. The van der Waals surface area contributed by atoms with E-state index in [1.807, 2.05) is 0 Å². The van der Waals surface area contributed by atoms with Crippen molar-refractivity contribution >= 4 is 29.0 Å². The summed E-state index contributed by atoms with van der Waals surface area (Å²) in [5.74, 6) is 0.113. The molecule has 3 aromatic rings. The lowest BCUT2D eigenvalue weighted by Gasteiger charge is -2.07. The predicted molar refractivity (Wildman–Crippen MR) is 83.3 cm³/mol. The van der Waals surface area contributed by atoms with Gasteiger partial charge in [0.15, 0.2) is 5.82 Å². The van der Waals surface area contributed by atoms with Crippen LogP contribution < -0.4 is 0 Å². The van der Waals surface area contributed by atoms with Crippen LogP contribution in [0.1, 0.15) is 5.56 Å². The summed E-state index contributed by atoms with van der Waals surface area (Å²) in [6.07, 6.45) is 1.36. The number of benzene rings is 1. The van der Waals surface area contributed by atoms with Crippen LogP contribution in [0.15, 0.2) is 36.5 Å². The Morgan fingerprint density at radius 2 is 2.04 bits per heavy atom. The van der Waals surface area contributed by atoms with Crippen molar-refractivity contribution in [1.82, 2.24) is 25.2 Å². The van der Waals surface area contributed by atoms with Crippen LogP contribution in [-0.2, 0) is 6.54 Å². The number of tetrazole rings is 1. The summed E-state index contributed by atoms with van der Waals surface area (Å²) in [7, 11) is 0. The van der Waals surface area contributed by atoms with Gasteiger partial charge in [0.2, 0.25) is 0 Å². The normalized spacial score (nSPS) is 10.7. The zero-order chi connectivity index (χ0) is 16.4. The van der Waals surface area contributed by atoms with Gasteiger partial charge in [-0.05, 0) is 44.6 Å². The predicted octanol–water partition coefficient (Wildman–Crippen LogP) is 3.00. The van der Waals surface area contributed by atoms with E-state index in [0.717, 1.165) is 0 Å². The van der Waals surface area contributed by atoms with Crippen LogP contribution in [0.2, 0.25) is 10.0 Å². The third-order valence-electron chi connectivity index (χ3n) is 3.08. The minimum Gasteiger partial charge on any atom is -0.358 e. The number of pyridine rings is 1. The highest BCUT2D eigenvalue weighted by Gasteiger charge is 2.19. The average Bonchev–Trinajstić information content (AvgIpc) is 2.98. The van der Waals surface area contributed by atoms with Gasteiger partial charge in [0.25, 0.3) is 0 Å². The fourth-order valence-corrected chi connectivity index (χ4v) is 2.45. The van der Waals surface area contributed by atoms with E-state index in [1.54, 1.807) is 30.3 Å². The SMILES string of the molecule is O=[N+]([O-])c1ncccc1Cn1nnnc1-c1cccc(Cl)c1Cl. The Bertz CT molecular complexity index is 882. The summed E-state index contributed by atoms with van der Waals surface area (Å²) in [5.41, 5.74) is 0.917. The Labute approximate surface area is 139 Å². The standard InChI is InChI=1S/C13H8Cl2N6O2/c14-10-5-1-4-9(11(10)15)13-17-18-19-20(13)7-8-3-2-6-16-12(8)21(22)23/h1-6H,7H2. The van der Waals surface area contributed by atoms with E-state index in [1.165, 1.54) is 10.9 Å². The van der Waals surface area contributed by atoms with Gasteiger partial charge in [0, 0.05) is 5.56 Å². The number of halogens is 2. The first-order chi connectivity index (χ1) is 11.1. The summed E-state index contributed by atoms with van der Waals surface area (Å²) in [4.78, 5) is 14.3. The minimum absolute atomic E-state index is 0.0787. The molecule has 1 aromatic carbocycles. The number of hydrogen-bond acceptors (Lipinski definition) is 6. The van der Waals surface area contributed by atoms with Crippen molar-refractivity contribution in [2.24, 2.45) is 0 Å². The lowest BCUT2D eigenvalue weighted by Crippen LogP contribution is -2.08. The summed E-state index contributed by atoms with van der Waals surface area (Å²) < 4.78 is 1.40. The van der Waals surface area contributed by atoms with E-state index in [-0.39, 0.29) is 12.4 Å². The molecule has 2 aromatic heterocycles. The molecule has 2 heterocycles. The molecule has 10 heteroatoms. The molecule has 3 rings (SSSR count). The number of hydrogen-bond donors (Lipinski definition) is 0. The van der Waals surface area contributed by atoms with Crippen LogP contribution in [0.5, 0.6) is 0 Å². The van der Waals surface area contributed by atoms with Gasteiger partial charge < -0.3 is 10.1 Å². The summed E-state index contributed by atoms with van der Waals surface area (Å²) in [6, 6.07) is 8.28. The molecule has 0 unspecified atom stereocenters. The first kappa shape index (κ1) is 15.3. The molecule has 0 aliphatic carbocycles. The zero-order valence-corrected chi connectivity index (χ0v) is 12.9. The third-order valence-corrected chi connectivity index (χ3v) is 3.90. The molecule has 0 amide bonds. The Morgan fingerprint density at radius 1 is 1.22 bits per heavy atom. The van der Waals surface area contributed by atoms with Crippen molar-refractivity contribution < 1.29 is 4.92 Å². The van der Waals surface area contributed by atoms with Gasteiger partial charge in [-0.1, -0.05) is 29.3 Å². The van der Waals surface area contributed by atoms with Crippen molar-refractivity contribution in [3.63, 3.8) is 0 Å². The maximum Gasteiger partial charge on any atom is 0.368 e. The molecule has 0 aliphatic rings. The molecular formula is C13H8Cl2N6O2. The second-order valence-electron chi connectivity index (χ2n) is 4.50. The lowest BCUT2D eigenvalue weighted by atomic mass is 10.2. The summed E-state index contributed by atoms with van der Waals surface area (Å²) in [5, 5.41) is 23.1. The summed E-state index contributed by atoms with van der Waals surface area (Å²) >= 11 is 12.2. The monoisotopic (exact) mass is 350 g/mol. The van der Waals surface area contributed by atoms with Gasteiger partial charge in [0.05, 0.1) is 22.2 Å². The third kappa shape index (κ3) is 2.99. The minimum atomic E-state index is -0.550. The molecule has 23 heavy (non-hydrogen) atoms. The van der Waals surface area contributed by atoms with Gasteiger partial charge in [-0.3, -0.25) is 0 Å². The van der Waals surface area contributed by atoms with Crippen molar-refractivity contribution in [1.29, 1.82) is 0 Å². The number of nitro groups is 1. The summed E-state index contributed by atoms with van der Waals surface area (Å²) in [6.45, 7) is 0.0787. The molecule has 0 saturated carbocycles. The van der Waals surface area contributed by atoms with Crippen molar-refractivity contribution in [3.05, 3.63) is 62.3 Å². The highest BCUT2D eigenvalue weighted by molar-refractivity contribution is 6.43. The largest absolute Gasteiger partial charge is 0.368 e. The van der Waals surface area contributed by atoms with E-state index >= 15 is 0 Å². The topological polar surface area (TPSA) is 99.6 Å². The second-order valence-corrected chi connectivity index (χ2v) is 5.29. The van der Waals surface area contributed by atoms with E-state index in [9.17, 15) is 10.1 Å². The van der Waals surface area contributed by atoms with Gasteiger partial charge in [-0.2, -0.15) is 0 Å². The Hall–Kier alpha value is -2.58. The first-order valence-corrected chi connectivity index (χ1v) is 7.12. The van der Waals surface area contributed by atoms with Gasteiger partial charge in [-0.25, -0.2) is 4.68 Å². The van der Waals surface area contributed by atoms with Crippen molar-refractivity contribution in [2.75, 3.05) is 0 Å². The molecule has 0 aliphatic heterocycles. The second kappa shape index (κ2) is 6.27.